The topological polar surface area (TPSA) is 29.5 Å². The molecular weight excluding hydrogens is 322 g/mol. The van der Waals surface area contributed by atoms with E-state index in [1.54, 1.807) is 6.08 Å². The van der Waals surface area contributed by atoms with Crippen LogP contribution in [0.1, 0.15) is 18.4 Å². The highest BCUT2D eigenvalue weighted by molar-refractivity contribution is 5.79. The minimum absolute atomic E-state index is 0.225. The normalized spacial score (nSPS) is 15.0. The summed E-state index contributed by atoms with van der Waals surface area (Å²) in [6.07, 6.45) is 4.31. The zero-order valence-corrected chi connectivity index (χ0v) is 15.3. The first-order valence-corrected chi connectivity index (χ1v) is 9.37. The van der Waals surface area contributed by atoms with Gasteiger partial charge in [0.2, 0.25) is 5.91 Å². The summed E-state index contributed by atoms with van der Waals surface area (Å²) in [5.74, 6) is 0.784. The van der Waals surface area contributed by atoms with Gasteiger partial charge < -0.3 is 9.64 Å². The van der Waals surface area contributed by atoms with Crippen LogP contribution in [0.5, 0.6) is 0 Å². The number of amides is 1. The van der Waals surface area contributed by atoms with Crippen LogP contribution in [-0.2, 0) is 16.0 Å². The minimum atomic E-state index is 0.225. The molecule has 0 aliphatic carbocycles. The van der Waals surface area contributed by atoms with Crippen molar-refractivity contribution in [2.24, 2.45) is 5.92 Å². The number of carbonyl (C=O) groups excluding carboxylic acids is 1. The highest BCUT2D eigenvalue weighted by atomic mass is 16.5. The number of ether oxygens (including phenoxy) is 1. The summed E-state index contributed by atoms with van der Waals surface area (Å²) >= 11 is 0. The minimum Gasteiger partial charge on any atom is -0.377 e. The fourth-order valence-electron chi connectivity index (χ4n) is 3.40. The molecule has 0 atom stereocenters. The van der Waals surface area contributed by atoms with Gasteiger partial charge in [-0.15, -0.1) is 6.58 Å². The van der Waals surface area contributed by atoms with Crippen molar-refractivity contribution in [3.63, 3.8) is 0 Å². The van der Waals surface area contributed by atoms with Gasteiger partial charge in [-0.3, -0.25) is 4.79 Å². The Morgan fingerprint density at radius 1 is 1.04 bits per heavy atom. The first-order valence-electron chi connectivity index (χ1n) is 9.37. The molecule has 1 aliphatic heterocycles. The maximum absolute atomic E-state index is 12.6. The van der Waals surface area contributed by atoms with E-state index in [2.05, 4.69) is 43.0 Å². The third-order valence-electron chi connectivity index (χ3n) is 4.97. The van der Waals surface area contributed by atoms with E-state index in [4.69, 9.17) is 4.74 Å². The lowest BCUT2D eigenvalue weighted by atomic mass is 9.97. The van der Waals surface area contributed by atoms with E-state index < -0.39 is 0 Å². The Kier molecular flexibility index (Phi) is 6.62. The van der Waals surface area contributed by atoms with Gasteiger partial charge >= 0.3 is 0 Å². The van der Waals surface area contributed by atoms with Crippen LogP contribution in [0.25, 0.3) is 11.1 Å². The van der Waals surface area contributed by atoms with Crippen LogP contribution >= 0.6 is 0 Å². The summed E-state index contributed by atoms with van der Waals surface area (Å²) in [6.45, 7) is 6.72. The van der Waals surface area contributed by atoms with Crippen molar-refractivity contribution >= 4 is 5.91 Å². The standard InChI is InChI=1S/C23H27NO2/c1-2-16-26-18-20-12-14-24(15-13-20)23(25)17-19-8-10-22(11-9-19)21-6-4-3-5-7-21/h2-11,20H,1,12-18H2. The van der Waals surface area contributed by atoms with Crippen LogP contribution in [-0.4, -0.2) is 37.1 Å². The van der Waals surface area contributed by atoms with Gasteiger partial charge in [0.25, 0.3) is 0 Å². The van der Waals surface area contributed by atoms with E-state index in [1.165, 1.54) is 11.1 Å². The van der Waals surface area contributed by atoms with E-state index in [0.717, 1.165) is 38.1 Å². The van der Waals surface area contributed by atoms with Crippen LogP contribution < -0.4 is 0 Å². The Labute approximate surface area is 156 Å². The van der Waals surface area contributed by atoms with E-state index in [1.807, 2.05) is 23.1 Å². The second-order valence-corrected chi connectivity index (χ2v) is 6.89. The average molecular weight is 349 g/mol. The third kappa shape index (κ3) is 5.06. The third-order valence-corrected chi connectivity index (χ3v) is 4.97. The van der Waals surface area contributed by atoms with Gasteiger partial charge in [0.1, 0.15) is 0 Å². The van der Waals surface area contributed by atoms with E-state index >= 15 is 0 Å². The zero-order chi connectivity index (χ0) is 18.2. The number of piperidine rings is 1. The molecule has 3 nitrogen and oxygen atoms in total. The lowest BCUT2D eigenvalue weighted by molar-refractivity contribution is -0.132. The highest BCUT2D eigenvalue weighted by Gasteiger charge is 2.22. The molecule has 3 rings (SSSR count). The van der Waals surface area contributed by atoms with E-state index in [9.17, 15) is 4.79 Å². The first-order chi connectivity index (χ1) is 12.8. The summed E-state index contributed by atoms with van der Waals surface area (Å²) in [7, 11) is 0. The van der Waals surface area contributed by atoms with Crippen LogP contribution in [0, 0.1) is 5.92 Å². The second kappa shape index (κ2) is 9.35. The lowest BCUT2D eigenvalue weighted by Gasteiger charge is -2.32. The molecule has 3 heteroatoms. The molecule has 0 radical (unpaired) electrons. The number of carbonyl (C=O) groups is 1. The number of hydrogen-bond donors (Lipinski definition) is 0. The monoisotopic (exact) mass is 349 g/mol. The summed E-state index contributed by atoms with van der Waals surface area (Å²) in [4.78, 5) is 14.6. The number of benzene rings is 2. The molecular formula is C23H27NO2. The first kappa shape index (κ1) is 18.4. The summed E-state index contributed by atoms with van der Waals surface area (Å²) in [5, 5.41) is 0. The molecule has 0 aromatic heterocycles. The molecule has 0 N–H and O–H groups in total. The Hall–Kier alpha value is -2.39. The number of rotatable bonds is 7. The molecule has 0 spiro atoms. The Morgan fingerprint density at radius 2 is 1.69 bits per heavy atom. The molecule has 1 amide bonds. The van der Waals surface area contributed by atoms with E-state index in [0.29, 0.717) is 18.9 Å². The fraction of sp³-hybridized carbons (Fsp3) is 0.348. The van der Waals surface area contributed by atoms with Crippen molar-refractivity contribution in [2.75, 3.05) is 26.3 Å². The largest absolute Gasteiger partial charge is 0.377 e. The SMILES string of the molecule is C=CCOCC1CCN(C(=O)Cc2ccc(-c3ccccc3)cc2)CC1. The molecule has 2 aromatic rings. The molecule has 1 fully saturated rings. The second-order valence-electron chi connectivity index (χ2n) is 6.89. The van der Waals surface area contributed by atoms with Gasteiger partial charge in [-0.1, -0.05) is 60.7 Å². The highest BCUT2D eigenvalue weighted by Crippen LogP contribution is 2.21. The lowest BCUT2D eigenvalue weighted by Crippen LogP contribution is -2.40. The quantitative estimate of drug-likeness (QED) is 0.550. The van der Waals surface area contributed by atoms with Crippen LogP contribution in [0.2, 0.25) is 0 Å². The predicted molar refractivity (Wildman–Crippen MR) is 106 cm³/mol. The molecule has 26 heavy (non-hydrogen) atoms. The molecule has 1 heterocycles. The maximum atomic E-state index is 12.6. The summed E-state index contributed by atoms with van der Waals surface area (Å²) in [6, 6.07) is 18.6. The average Bonchev–Trinajstić information content (AvgIpc) is 2.70. The van der Waals surface area contributed by atoms with E-state index in [-0.39, 0.29) is 5.91 Å². The van der Waals surface area contributed by atoms with Crippen molar-refractivity contribution in [3.05, 3.63) is 72.8 Å². The Morgan fingerprint density at radius 3 is 2.35 bits per heavy atom. The molecule has 0 saturated carbocycles. The summed E-state index contributed by atoms with van der Waals surface area (Å²) < 4.78 is 5.54. The molecule has 0 unspecified atom stereocenters. The van der Waals surface area contributed by atoms with Gasteiger partial charge in [0, 0.05) is 19.7 Å². The Balaban J connectivity index is 1.49. The van der Waals surface area contributed by atoms with Crippen LogP contribution in [0.4, 0.5) is 0 Å². The fourth-order valence-corrected chi connectivity index (χ4v) is 3.40. The predicted octanol–water partition coefficient (Wildman–Crippen LogP) is 4.34. The van der Waals surface area contributed by atoms with Gasteiger partial charge in [-0.05, 0) is 35.4 Å². The van der Waals surface area contributed by atoms with Crippen LogP contribution in [0.15, 0.2) is 67.3 Å². The van der Waals surface area contributed by atoms with Gasteiger partial charge in [-0.2, -0.15) is 0 Å². The van der Waals surface area contributed by atoms with Gasteiger partial charge in [-0.25, -0.2) is 0 Å². The van der Waals surface area contributed by atoms with Crippen molar-refractivity contribution in [3.8, 4) is 11.1 Å². The van der Waals surface area contributed by atoms with Crippen molar-refractivity contribution in [2.45, 2.75) is 19.3 Å². The van der Waals surface area contributed by atoms with Crippen LogP contribution in [0.3, 0.4) is 0 Å². The zero-order valence-electron chi connectivity index (χ0n) is 15.3. The molecule has 0 bridgehead atoms. The number of hydrogen-bond acceptors (Lipinski definition) is 2. The molecule has 2 aromatic carbocycles. The molecule has 1 aliphatic rings. The number of nitrogens with zero attached hydrogens (tertiary/aromatic N) is 1. The summed E-state index contributed by atoms with van der Waals surface area (Å²) in [5.41, 5.74) is 3.46. The number of likely N-dealkylation sites (tertiary alicyclic amines) is 1. The molecule has 1 saturated heterocycles. The van der Waals surface area contributed by atoms with Gasteiger partial charge in [0.05, 0.1) is 13.0 Å². The Bertz CT molecular complexity index is 701. The maximum Gasteiger partial charge on any atom is 0.226 e. The smallest absolute Gasteiger partial charge is 0.226 e. The van der Waals surface area contributed by atoms with Crippen molar-refractivity contribution in [1.29, 1.82) is 0 Å². The van der Waals surface area contributed by atoms with Crippen molar-refractivity contribution in [1.82, 2.24) is 4.90 Å². The van der Waals surface area contributed by atoms with Crippen molar-refractivity contribution < 1.29 is 9.53 Å². The van der Waals surface area contributed by atoms with Gasteiger partial charge in [0.15, 0.2) is 0 Å². The molecule has 136 valence electrons.